The summed E-state index contributed by atoms with van der Waals surface area (Å²) in [6.07, 6.45) is 1.00. The second kappa shape index (κ2) is 2.61. The second-order valence-electron chi connectivity index (χ2n) is 4.55. The van der Waals surface area contributed by atoms with Crippen LogP contribution in [0, 0.1) is 5.21 Å². The molecule has 0 saturated heterocycles. The lowest BCUT2D eigenvalue weighted by Crippen LogP contribution is -2.62. The average Bonchev–Trinajstić information content (AvgIpc) is 2.77. The predicted molar refractivity (Wildman–Crippen MR) is 52.4 cm³/mol. The van der Waals surface area contributed by atoms with Gasteiger partial charge in [0.1, 0.15) is 11.4 Å². The molecule has 2 aliphatic rings. The molecule has 2 atom stereocenters. The number of aryl methyl sites for hydroxylation is 1. The molecule has 0 amide bonds. The Morgan fingerprint density at radius 3 is 3.06 bits per heavy atom. The van der Waals surface area contributed by atoms with E-state index in [0.717, 1.165) is 0 Å². The van der Waals surface area contributed by atoms with Crippen molar-refractivity contribution in [1.82, 2.24) is 10.3 Å². The van der Waals surface area contributed by atoms with E-state index in [0.29, 0.717) is 34.7 Å². The fourth-order valence-electron chi connectivity index (χ4n) is 2.69. The fourth-order valence-corrected chi connectivity index (χ4v) is 2.69. The minimum Gasteiger partial charge on any atom is -0.622 e. The van der Waals surface area contributed by atoms with E-state index < -0.39 is 11.3 Å². The monoisotopic (exact) mass is 224 g/mol. The largest absolute Gasteiger partial charge is 0.622 e. The molecule has 0 fully saturated rings. The molecule has 0 bridgehead atoms. The molecular formula is C9H12N4O3. The number of aliphatic hydroxyl groups is 1. The predicted octanol–water partition coefficient (Wildman–Crippen LogP) is -0.767. The molecule has 1 aromatic heterocycles. The van der Waals surface area contributed by atoms with E-state index in [1.54, 1.807) is 6.92 Å². The van der Waals surface area contributed by atoms with Gasteiger partial charge in [-0.05, 0) is 0 Å². The summed E-state index contributed by atoms with van der Waals surface area (Å²) in [5.74, 6) is 0. The van der Waals surface area contributed by atoms with Crippen molar-refractivity contribution in [2.75, 3.05) is 0 Å². The topological polar surface area (TPSA) is 111 Å². The maximum atomic E-state index is 11.9. The fraction of sp³-hybridized carbons (Fsp3) is 0.667. The van der Waals surface area contributed by atoms with E-state index in [1.165, 1.54) is 0 Å². The van der Waals surface area contributed by atoms with Gasteiger partial charge in [-0.15, -0.1) is 0 Å². The van der Waals surface area contributed by atoms with E-state index in [9.17, 15) is 10.3 Å². The minimum absolute atomic E-state index is 0.175. The number of nitrogens with zero attached hydrogens (tertiary/aromatic N) is 3. The van der Waals surface area contributed by atoms with Gasteiger partial charge in [0.05, 0.1) is 6.42 Å². The van der Waals surface area contributed by atoms with Crippen LogP contribution in [0.3, 0.4) is 0 Å². The molecule has 16 heavy (non-hydrogen) atoms. The highest BCUT2D eigenvalue weighted by molar-refractivity contribution is 5.80. The normalized spacial score (nSPS) is 37.4. The first kappa shape index (κ1) is 9.73. The molecule has 1 aliphatic carbocycles. The summed E-state index contributed by atoms with van der Waals surface area (Å²) >= 11 is 0. The van der Waals surface area contributed by atoms with Crippen LogP contribution in [-0.4, -0.2) is 31.5 Å². The number of hydrogen-bond acceptors (Lipinski definition) is 6. The molecule has 0 aromatic carbocycles. The maximum Gasteiger partial charge on any atom is 0.259 e. The number of fused-ring (bicyclic) bond motifs is 3. The van der Waals surface area contributed by atoms with Gasteiger partial charge >= 0.3 is 0 Å². The number of aromatic nitrogens is 2. The zero-order chi connectivity index (χ0) is 11.6. The summed E-state index contributed by atoms with van der Waals surface area (Å²) in [5, 5.41) is 29.9. The smallest absolute Gasteiger partial charge is 0.259 e. The van der Waals surface area contributed by atoms with E-state index in [4.69, 9.17) is 5.73 Å². The van der Waals surface area contributed by atoms with Gasteiger partial charge in [-0.3, -0.25) is 5.73 Å². The van der Waals surface area contributed by atoms with Gasteiger partial charge in [0.2, 0.25) is 5.60 Å². The SMILES string of the molecule is CC1=[N+]([O-])[C@]2(N)CCc3nonc3[C@]2(O)C1. The molecule has 3 rings (SSSR count). The van der Waals surface area contributed by atoms with Crippen molar-refractivity contribution in [3.05, 3.63) is 16.6 Å². The Balaban J connectivity index is 2.22. The molecule has 0 radical (unpaired) electrons. The first-order valence-electron chi connectivity index (χ1n) is 5.12. The molecule has 1 aromatic rings. The van der Waals surface area contributed by atoms with Crippen molar-refractivity contribution in [1.29, 1.82) is 0 Å². The summed E-state index contributed by atoms with van der Waals surface area (Å²) in [6.45, 7) is 1.66. The Morgan fingerprint density at radius 1 is 1.56 bits per heavy atom. The van der Waals surface area contributed by atoms with Crippen molar-refractivity contribution < 1.29 is 14.5 Å². The standard InChI is InChI=1S/C9H12N4O3/c1-5-4-8(14)7-6(11-16-12-7)2-3-9(8,10)13(5)15/h14H,2-4,10H2,1H3/t8-,9-/m1/s1. The first-order valence-corrected chi connectivity index (χ1v) is 5.12. The third kappa shape index (κ3) is 0.840. The van der Waals surface area contributed by atoms with Crippen LogP contribution in [0.2, 0.25) is 0 Å². The number of rotatable bonds is 0. The van der Waals surface area contributed by atoms with Crippen molar-refractivity contribution in [2.45, 2.75) is 37.5 Å². The van der Waals surface area contributed by atoms with Gasteiger partial charge in [-0.2, -0.15) is 4.74 Å². The molecule has 3 N–H and O–H groups in total. The number of hydrogen-bond donors (Lipinski definition) is 2. The third-order valence-electron chi connectivity index (χ3n) is 3.63. The molecule has 0 unspecified atom stereocenters. The van der Waals surface area contributed by atoms with Gasteiger partial charge in [0, 0.05) is 19.8 Å². The molecule has 7 heteroatoms. The van der Waals surface area contributed by atoms with E-state index in [1.807, 2.05) is 0 Å². The summed E-state index contributed by atoms with van der Waals surface area (Å²) in [5.41, 5.74) is 4.61. The van der Waals surface area contributed by atoms with Crippen molar-refractivity contribution in [3.63, 3.8) is 0 Å². The molecule has 2 heterocycles. The lowest BCUT2D eigenvalue weighted by atomic mass is 9.76. The summed E-state index contributed by atoms with van der Waals surface area (Å²) < 4.78 is 5.31. The molecule has 86 valence electrons. The number of hydroxylamine groups is 1. The highest BCUT2D eigenvalue weighted by Crippen LogP contribution is 2.46. The Kier molecular flexibility index (Phi) is 1.59. The average molecular weight is 224 g/mol. The Bertz CT molecular complexity index is 497. The van der Waals surface area contributed by atoms with Crippen LogP contribution in [0.4, 0.5) is 0 Å². The number of nitrogens with two attached hydrogens (primary N) is 1. The summed E-state index contributed by atoms with van der Waals surface area (Å²) in [7, 11) is 0. The molecule has 0 spiro atoms. The van der Waals surface area contributed by atoms with Crippen LogP contribution in [0.1, 0.15) is 31.2 Å². The van der Waals surface area contributed by atoms with E-state index in [-0.39, 0.29) is 6.42 Å². The minimum atomic E-state index is -1.48. The zero-order valence-electron chi connectivity index (χ0n) is 8.80. The van der Waals surface area contributed by atoms with Crippen LogP contribution < -0.4 is 5.73 Å². The van der Waals surface area contributed by atoms with Crippen molar-refractivity contribution >= 4 is 5.71 Å². The first-order chi connectivity index (χ1) is 7.49. The van der Waals surface area contributed by atoms with Gasteiger partial charge < -0.3 is 10.3 Å². The summed E-state index contributed by atoms with van der Waals surface area (Å²) in [4.78, 5) is 0. The van der Waals surface area contributed by atoms with Gasteiger partial charge in [-0.25, -0.2) is 4.63 Å². The molecule has 1 aliphatic heterocycles. The lowest BCUT2D eigenvalue weighted by molar-refractivity contribution is -0.567. The van der Waals surface area contributed by atoms with Crippen LogP contribution in [-0.2, 0) is 12.0 Å². The molecule has 7 nitrogen and oxygen atoms in total. The van der Waals surface area contributed by atoms with E-state index >= 15 is 0 Å². The van der Waals surface area contributed by atoms with Crippen LogP contribution in [0.5, 0.6) is 0 Å². The Morgan fingerprint density at radius 2 is 2.31 bits per heavy atom. The lowest BCUT2D eigenvalue weighted by Gasteiger charge is -2.37. The van der Waals surface area contributed by atoms with Crippen LogP contribution in [0.25, 0.3) is 0 Å². The quantitative estimate of drug-likeness (QED) is 0.442. The van der Waals surface area contributed by atoms with Gasteiger partial charge in [0.25, 0.3) is 5.66 Å². The third-order valence-corrected chi connectivity index (χ3v) is 3.63. The van der Waals surface area contributed by atoms with Gasteiger partial charge in [-0.1, -0.05) is 10.3 Å². The van der Waals surface area contributed by atoms with E-state index in [2.05, 4.69) is 14.9 Å². The highest BCUT2D eigenvalue weighted by atomic mass is 16.6. The Hall–Kier alpha value is -1.47. The second-order valence-corrected chi connectivity index (χ2v) is 4.55. The van der Waals surface area contributed by atoms with Crippen molar-refractivity contribution in [2.24, 2.45) is 5.73 Å². The molecular weight excluding hydrogens is 212 g/mol. The van der Waals surface area contributed by atoms with Gasteiger partial charge in [0.15, 0.2) is 5.71 Å². The molecule has 0 saturated carbocycles. The Labute approximate surface area is 91.1 Å². The zero-order valence-corrected chi connectivity index (χ0v) is 8.80. The summed E-state index contributed by atoms with van der Waals surface area (Å²) in [6, 6.07) is 0. The van der Waals surface area contributed by atoms with Crippen molar-refractivity contribution in [3.8, 4) is 0 Å². The van der Waals surface area contributed by atoms with Crippen LogP contribution in [0.15, 0.2) is 4.63 Å². The maximum absolute atomic E-state index is 11.9. The van der Waals surface area contributed by atoms with Crippen LogP contribution >= 0.6 is 0 Å². The highest BCUT2D eigenvalue weighted by Gasteiger charge is 2.66.